The van der Waals surface area contributed by atoms with E-state index in [-0.39, 0.29) is 32.6 Å². The lowest BCUT2D eigenvalue weighted by atomic mass is 10.1. The Hall–Kier alpha value is -2.46. The van der Waals surface area contributed by atoms with Gasteiger partial charge in [-0.15, -0.1) is 0 Å². The quantitative estimate of drug-likeness (QED) is 0.417. The normalized spacial score (nSPS) is 19.3. The smallest absolute Gasteiger partial charge is 0.337 e. The number of hydrogen-bond acceptors (Lipinski definition) is 6. The van der Waals surface area contributed by atoms with E-state index in [4.69, 9.17) is 23.2 Å². The van der Waals surface area contributed by atoms with E-state index in [1.807, 2.05) is 0 Å². The molecular formula is C23H22Cl2N2O6S. The Labute approximate surface area is 207 Å². The summed E-state index contributed by atoms with van der Waals surface area (Å²) in [6.45, 7) is 0. The zero-order chi connectivity index (χ0) is 24.6. The van der Waals surface area contributed by atoms with Gasteiger partial charge in [0, 0.05) is 11.1 Å². The minimum Gasteiger partial charge on any atom is -0.465 e. The number of anilines is 1. The highest BCUT2D eigenvalue weighted by Gasteiger charge is 2.50. The number of rotatable bonds is 6. The fourth-order valence-corrected chi connectivity index (χ4v) is 7.08. The summed E-state index contributed by atoms with van der Waals surface area (Å²) >= 11 is 12.3. The van der Waals surface area contributed by atoms with Crippen LogP contribution < -0.4 is 4.90 Å². The Morgan fingerprint density at radius 3 is 2.32 bits per heavy atom. The predicted molar refractivity (Wildman–Crippen MR) is 126 cm³/mol. The van der Waals surface area contributed by atoms with Crippen LogP contribution in [0.25, 0.3) is 0 Å². The van der Waals surface area contributed by atoms with Crippen molar-refractivity contribution in [1.29, 1.82) is 0 Å². The molecule has 180 valence electrons. The van der Waals surface area contributed by atoms with Crippen LogP contribution in [0.1, 0.15) is 42.5 Å². The number of esters is 1. The summed E-state index contributed by atoms with van der Waals surface area (Å²) in [5.41, 5.74) is 0.502. The molecule has 0 spiro atoms. The summed E-state index contributed by atoms with van der Waals surface area (Å²) in [7, 11) is -3.00. The molecular weight excluding hydrogens is 503 g/mol. The molecule has 2 aliphatic rings. The Balaban J connectivity index is 1.72. The minimum atomic E-state index is -4.25. The van der Waals surface area contributed by atoms with Crippen molar-refractivity contribution in [2.45, 2.75) is 49.1 Å². The fraction of sp³-hybridized carbons (Fsp3) is 0.348. The van der Waals surface area contributed by atoms with Crippen LogP contribution in [0, 0.1) is 0 Å². The summed E-state index contributed by atoms with van der Waals surface area (Å²) in [6, 6.07) is 8.25. The number of imide groups is 1. The maximum atomic E-state index is 13.8. The SMILES string of the molecule is COC(=O)c1ccc(N2C(=O)CC(N(C3CCCC3)S(=O)(=O)c3cc(Cl)ccc3Cl)C2=O)cc1. The van der Waals surface area contributed by atoms with Crippen LogP contribution >= 0.6 is 23.2 Å². The second-order valence-corrected chi connectivity index (χ2v) is 10.8. The van der Waals surface area contributed by atoms with Crippen LogP contribution in [0.3, 0.4) is 0 Å². The molecule has 2 fully saturated rings. The molecule has 1 aliphatic heterocycles. The number of nitrogens with zero attached hydrogens (tertiary/aromatic N) is 2. The summed E-state index contributed by atoms with van der Waals surface area (Å²) in [5, 5.41) is 0.176. The zero-order valence-electron chi connectivity index (χ0n) is 18.2. The zero-order valence-corrected chi connectivity index (χ0v) is 20.6. The van der Waals surface area contributed by atoms with Crippen molar-refractivity contribution in [2.75, 3.05) is 12.0 Å². The van der Waals surface area contributed by atoms with Gasteiger partial charge in [0.25, 0.3) is 5.91 Å². The standard InChI is InChI=1S/C23H22Cl2N2O6S/c1-33-23(30)14-6-9-16(10-7-14)26-21(28)13-19(22(26)29)27(17-4-2-3-5-17)34(31,32)20-12-15(24)8-11-18(20)25/h6-12,17,19H,2-5,13H2,1H3. The fourth-order valence-electron chi connectivity index (χ4n) is 4.52. The highest BCUT2D eigenvalue weighted by atomic mass is 35.5. The second-order valence-electron chi connectivity index (χ2n) is 8.17. The monoisotopic (exact) mass is 524 g/mol. The molecule has 0 bridgehead atoms. The van der Waals surface area contributed by atoms with E-state index in [0.29, 0.717) is 12.8 Å². The van der Waals surface area contributed by atoms with E-state index in [1.165, 1.54) is 49.6 Å². The van der Waals surface area contributed by atoms with E-state index in [0.717, 1.165) is 22.0 Å². The Bertz CT molecular complexity index is 1240. The number of benzene rings is 2. The van der Waals surface area contributed by atoms with Crippen molar-refractivity contribution in [1.82, 2.24) is 4.31 Å². The molecule has 11 heteroatoms. The van der Waals surface area contributed by atoms with Crippen molar-refractivity contribution in [2.24, 2.45) is 0 Å². The van der Waals surface area contributed by atoms with Crippen LogP contribution in [0.2, 0.25) is 10.0 Å². The molecule has 1 heterocycles. The van der Waals surface area contributed by atoms with Crippen molar-refractivity contribution in [3.05, 3.63) is 58.1 Å². The van der Waals surface area contributed by atoms with Crippen molar-refractivity contribution >= 4 is 56.7 Å². The van der Waals surface area contributed by atoms with Gasteiger partial charge in [0.2, 0.25) is 15.9 Å². The molecule has 8 nitrogen and oxygen atoms in total. The summed E-state index contributed by atoms with van der Waals surface area (Å²) in [6.07, 6.45) is 2.47. The number of ether oxygens (including phenoxy) is 1. The average molecular weight is 525 g/mol. The highest BCUT2D eigenvalue weighted by molar-refractivity contribution is 7.89. The Morgan fingerprint density at radius 1 is 1.06 bits per heavy atom. The lowest BCUT2D eigenvalue weighted by Gasteiger charge is -2.32. The third-order valence-corrected chi connectivity index (χ3v) is 8.79. The van der Waals surface area contributed by atoms with E-state index < -0.39 is 39.9 Å². The van der Waals surface area contributed by atoms with Crippen molar-refractivity contribution < 1.29 is 27.5 Å². The number of sulfonamides is 1. The van der Waals surface area contributed by atoms with Crippen LogP contribution in [-0.4, -0.2) is 49.7 Å². The molecule has 1 saturated heterocycles. The van der Waals surface area contributed by atoms with Gasteiger partial charge in [-0.1, -0.05) is 36.0 Å². The number of amides is 2. The maximum absolute atomic E-state index is 13.8. The first kappa shape index (κ1) is 24.7. The number of hydrogen-bond donors (Lipinski definition) is 0. The molecule has 2 aromatic rings. The molecule has 1 aliphatic carbocycles. The predicted octanol–water partition coefficient (Wildman–Crippen LogP) is 4.05. The molecule has 1 saturated carbocycles. The first-order valence-corrected chi connectivity index (χ1v) is 12.9. The molecule has 0 N–H and O–H groups in total. The van der Waals surface area contributed by atoms with Crippen LogP contribution in [0.5, 0.6) is 0 Å². The molecule has 34 heavy (non-hydrogen) atoms. The second kappa shape index (κ2) is 9.65. The molecule has 0 aromatic heterocycles. The third kappa shape index (κ3) is 4.45. The summed E-state index contributed by atoms with van der Waals surface area (Å²) in [5.74, 6) is -1.74. The summed E-state index contributed by atoms with van der Waals surface area (Å²) in [4.78, 5) is 38.8. The Morgan fingerprint density at radius 2 is 1.71 bits per heavy atom. The number of methoxy groups -OCH3 is 1. The molecule has 1 unspecified atom stereocenters. The Kier molecular flexibility index (Phi) is 7.00. The van der Waals surface area contributed by atoms with Gasteiger partial charge in [-0.3, -0.25) is 9.59 Å². The van der Waals surface area contributed by atoms with E-state index in [9.17, 15) is 22.8 Å². The van der Waals surface area contributed by atoms with Crippen LogP contribution in [-0.2, 0) is 24.3 Å². The first-order valence-electron chi connectivity index (χ1n) is 10.7. The van der Waals surface area contributed by atoms with E-state index in [1.54, 1.807) is 0 Å². The molecule has 0 radical (unpaired) electrons. The molecule has 2 aromatic carbocycles. The lowest BCUT2D eigenvalue weighted by molar-refractivity contribution is -0.122. The number of carbonyl (C=O) groups is 3. The number of carbonyl (C=O) groups excluding carboxylic acids is 3. The van der Waals surface area contributed by atoms with Crippen molar-refractivity contribution in [3.63, 3.8) is 0 Å². The van der Waals surface area contributed by atoms with Gasteiger partial charge in [-0.05, 0) is 55.3 Å². The maximum Gasteiger partial charge on any atom is 0.337 e. The lowest BCUT2D eigenvalue weighted by Crippen LogP contribution is -2.49. The van der Waals surface area contributed by atoms with Gasteiger partial charge >= 0.3 is 5.97 Å². The average Bonchev–Trinajstić information content (AvgIpc) is 3.43. The molecule has 4 rings (SSSR count). The van der Waals surface area contributed by atoms with Gasteiger partial charge in [-0.25, -0.2) is 18.1 Å². The molecule has 1 atom stereocenters. The third-order valence-electron chi connectivity index (χ3n) is 6.11. The van der Waals surface area contributed by atoms with E-state index >= 15 is 0 Å². The van der Waals surface area contributed by atoms with Gasteiger partial charge < -0.3 is 4.74 Å². The minimum absolute atomic E-state index is 0.0144. The van der Waals surface area contributed by atoms with Crippen LogP contribution in [0.4, 0.5) is 5.69 Å². The van der Waals surface area contributed by atoms with Gasteiger partial charge in [-0.2, -0.15) is 4.31 Å². The highest BCUT2D eigenvalue weighted by Crippen LogP contribution is 2.38. The van der Waals surface area contributed by atoms with Gasteiger partial charge in [0.05, 0.1) is 29.8 Å². The van der Waals surface area contributed by atoms with Gasteiger partial charge in [0.15, 0.2) is 0 Å². The van der Waals surface area contributed by atoms with Crippen LogP contribution in [0.15, 0.2) is 47.4 Å². The number of halogens is 2. The summed E-state index contributed by atoms with van der Waals surface area (Å²) < 4.78 is 33.4. The largest absolute Gasteiger partial charge is 0.465 e. The van der Waals surface area contributed by atoms with E-state index in [2.05, 4.69) is 4.74 Å². The first-order chi connectivity index (χ1) is 16.1. The molecule has 2 amide bonds. The topological polar surface area (TPSA) is 101 Å². The van der Waals surface area contributed by atoms with Crippen molar-refractivity contribution in [3.8, 4) is 0 Å². The van der Waals surface area contributed by atoms with Gasteiger partial charge in [0.1, 0.15) is 10.9 Å².